The molecule has 1 aromatic rings. The molecule has 1 atom stereocenters. The van der Waals surface area contributed by atoms with Crippen molar-refractivity contribution in [2.75, 3.05) is 11.9 Å². The molecule has 0 aliphatic carbocycles. The monoisotopic (exact) mass is 226 g/mol. The van der Waals surface area contributed by atoms with Crippen molar-refractivity contribution in [2.24, 2.45) is 0 Å². The molecular formula is C9H11BrN2. The van der Waals surface area contributed by atoms with Crippen LogP contribution in [0.4, 0.5) is 5.69 Å². The number of halogens is 1. The van der Waals surface area contributed by atoms with E-state index in [0.717, 1.165) is 10.9 Å². The average molecular weight is 227 g/mol. The molecule has 2 heterocycles. The van der Waals surface area contributed by atoms with Crippen molar-refractivity contribution < 1.29 is 0 Å². The second kappa shape index (κ2) is 2.73. The Bertz CT molecular complexity index is 311. The van der Waals surface area contributed by atoms with E-state index in [4.69, 9.17) is 0 Å². The van der Waals surface area contributed by atoms with Crippen molar-refractivity contribution in [1.29, 1.82) is 0 Å². The molecule has 3 heteroatoms. The Labute approximate surface area is 80.7 Å². The number of nitrogens with zero attached hydrogens (tertiary/aromatic N) is 2. The summed E-state index contributed by atoms with van der Waals surface area (Å²) in [6.07, 6.45) is 4.92. The van der Waals surface area contributed by atoms with Gasteiger partial charge >= 0.3 is 0 Å². The number of fused-ring (bicyclic) bond motifs is 1. The van der Waals surface area contributed by atoms with Gasteiger partial charge in [0.05, 0.1) is 10.2 Å². The third-order valence-corrected chi connectivity index (χ3v) is 3.06. The molecule has 12 heavy (non-hydrogen) atoms. The van der Waals surface area contributed by atoms with Crippen LogP contribution in [0.25, 0.3) is 0 Å². The lowest BCUT2D eigenvalue weighted by Crippen LogP contribution is -2.24. The van der Waals surface area contributed by atoms with Crippen LogP contribution < -0.4 is 4.90 Å². The van der Waals surface area contributed by atoms with E-state index in [0.29, 0.717) is 6.04 Å². The molecule has 1 aliphatic heterocycles. The number of likely N-dealkylation sites (N-methyl/N-ethyl adjacent to an activating group) is 1. The van der Waals surface area contributed by atoms with E-state index in [-0.39, 0.29) is 0 Å². The Morgan fingerprint density at radius 2 is 2.33 bits per heavy atom. The average Bonchev–Trinajstić information content (AvgIpc) is 2.29. The number of aromatic nitrogens is 1. The van der Waals surface area contributed by atoms with Gasteiger partial charge in [-0.15, -0.1) is 0 Å². The van der Waals surface area contributed by atoms with E-state index in [1.54, 1.807) is 0 Å². The molecule has 0 spiro atoms. The fourth-order valence-corrected chi connectivity index (χ4v) is 2.34. The topological polar surface area (TPSA) is 16.1 Å². The minimum atomic E-state index is 0.598. The predicted molar refractivity (Wildman–Crippen MR) is 53.5 cm³/mol. The van der Waals surface area contributed by atoms with Crippen LogP contribution in [0.15, 0.2) is 16.9 Å². The van der Waals surface area contributed by atoms with Gasteiger partial charge < -0.3 is 4.90 Å². The summed E-state index contributed by atoms with van der Waals surface area (Å²) in [5.41, 5.74) is 2.65. The largest absolute Gasteiger partial charge is 0.370 e. The second-order valence-corrected chi connectivity index (χ2v) is 4.15. The Kier molecular flexibility index (Phi) is 1.83. The van der Waals surface area contributed by atoms with Gasteiger partial charge in [-0.3, -0.25) is 4.98 Å². The van der Waals surface area contributed by atoms with E-state index in [9.17, 15) is 0 Å². The third kappa shape index (κ3) is 1.04. The summed E-state index contributed by atoms with van der Waals surface area (Å²) >= 11 is 3.51. The number of pyridine rings is 1. The van der Waals surface area contributed by atoms with Gasteiger partial charge in [0.2, 0.25) is 0 Å². The van der Waals surface area contributed by atoms with E-state index in [2.05, 4.69) is 39.8 Å². The van der Waals surface area contributed by atoms with Crippen molar-refractivity contribution in [3.05, 3.63) is 22.4 Å². The highest BCUT2D eigenvalue weighted by Gasteiger charge is 2.24. The Morgan fingerprint density at radius 1 is 1.58 bits per heavy atom. The Morgan fingerprint density at radius 3 is 3.00 bits per heavy atom. The first-order chi connectivity index (χ1) is 5.70. The number of hydrogen-bond acceptors (Lipinski definition) is 2. The minimum absolute atomic E-state index is 0.598. The Balaban J connectivity index is 2.55. The molecule has 2 nitrogen and oxygen atoms in total. The van der Waals surface area contributed by atoms with E-state index < -0.39 is 0 Å². The van der Waals surface area contributed by atoms with Gasteiger partial charge in [0.1, 0.15) is 0 Å². The molecule has 0 radical (unpaired) electrons. The lowest BCUT2D eigenvalue weighted by Gasteiger charge is -2.19. The van der Waals surface area contributed by atoms with Crippen LogP contribution in [0, 0.1) is 0 Å². The zero-order chi connectivity index (χ0) is 8.72. The van der Waals surface area contributed by atoms with Crippen LogP contribution in [-0.2, 0) is 6.42 Å². The zero-order valence-electron chi connectivity index (χ0n) is 7.21. The molecule has 2 rings (SSSR count). The molecular weight excluding hydrogens is 216 g/mol. The van der Waals surface area contributed by atoms with Crippen LogP contribution >= 0.6 is 15.9 Å². The second-order valence-electron chi connectivity index (χ2n) is 3.29. The summed E-state index contributed by atoms with van der Waals surface area (Å²) in [5, 5.41) is 0. The van der Waals surface area contributed by atoms with E-state index in [1.165, 1.54) is 11.3 Å². The molecule has 0 bridgehead atoms. The summed E-state index contributed by atoms with van der Waals surface area (Å²) in [4.78, 5) is 6.44. The SMILES string of the molecule is CC1Cc2cncc(Br)c2N1C. The van der Waals surface area contributed by atoms with Gasteiger partial charge in [0.25, 0.3) is 0 Å². The van der Waals surface area contributed by atoms with Crippen molar-refractivity contribution in [3.63, 3.8) is 0 Å². The summed E-state index contributed by atoms with van der Waals surface area (Å²) < 4.78 is 1.10. The highest BCUT2D eigenvalue weighted by atomic mass is 79.9. The lowest BCUT2D eigenvalue weighted by molar-refractivity contribution is 0.731. The Hall–Kier alpha value is -0.570. The van der Waals surface area contributed by atoms with Crippen molar-refractivity contribution >= 4 is 21.6 Å². The molecule has 64 valence electrons. The highest BCUT2D eigenvalue weighted by molar-refractivity contribution is 9.10. The minimum Gasteiger partial charge on any atom is -0.370 e. The summed E-state index contributed by atoms with van der Waals surface area (Å²) in [7, 11) is 2.13. The van der Waals surface area contributed by atoms with Crippen molar-refractivity contribution in [2.45, 2.75) is 19.4 Å². The maximum Gasteiger partial charge on any atom is 0.0595 e. The molecule has 1 unspecified atom stereocenters. The summed E-state index contributed by atoms with van der Waals surface area (Å²) in [6, 6.07) is 0.598. The molecule has 0 saturated carbocycles. The maximum absolute atomic E-state index is 4.15. The number of rotatable bonds is 0. The van der Waals surface area contributed by atoms with Gasteiger partial charge in [-0.1, -0.05) is 0 Å². The van der Waals surface area contributed by atoms with Crippen LogP contribution in [0.3, 0.4) is 0 Å². The fourth-order valence-electron chi connectivity index (χ4n) is 1.69. The molecule has 0 saturated heterocycles. The third-order valence-electron chi connectivity index (χ3n) is 2.48. The highest BCUT2D eigenvalue weighted by Crippen LogP contribution is 2.35. The van der Waals surface area contributed by atoms with Crippen molar-refractivity contribution in [1.82, 2.24) is 4.98 Å². The van der Waals surface area contributed by atoms with Gasteiger partial charge in [0, 0.05) is 25.5 Å². The van der Waals surface area contributed by atoms with Crippen molar-refractivity contribution in [3.8, 4) is 0 Å². The first-order valence-electron chi connectivity index (χ1n) is 4.05. The molecule has 0 aromatic carbocycles. The maximum atomic E-state index is 4.15. The fraction of sp³-hybridized carbons (Fsp3) is 0.444. The molecule has 1 aromatic heterocycles. The summed E-state index contributed by atoms with van der Waals surface area (Å²) in [5.74, 6) is 0. The summed E-state index contributed by atoms with van der Waals surface area (Å²) in [6.45, 7) is 2.23. The predicted octanol–water partition coefficient (Wildman–Crippen LogP) is 2.22. The normalized spacial score (nSPS) is 21.2. The number of hydrogen-bond donors (Lipinski definition) is 0. The number of anilines is 1. The van der Waals surface area contributed by atoms with Gasteiger partial charge in [-0.25, -0.2) is 0 Å². The van der Waals surface area contributed by atoms with Crippen LogP contribution in [0.2, 0.25) is 0 Å². The smallest absolute Gasteiger partial charge is 0.0595 e. The molecule has 0 N–H and O–H groups in total. The molecule has 0 amide bonds. The van der Waals surface area contributed by atoms with Crippen LogP contribution in [0.5, 0.6) is 0 Å². The van der Waals surface area contributed by atoms with E-state index >= 15 is 0 Å². The quantitative estimate of drug-likeness (QED) is 0.675. The molecule has 1 aliphatic rings. The van der Waals surface area contributed by atoms with E-state index in [1.807, 2.05) is 12.4 Å². The van der Waals surface area contributed by atoms with Gasteiger partial charge in [0.15, 0.2) is 0 Å². The standard InChI is InChI=1S/C9H11BrN2/c1-6-3-7-4-11-5-8(10)9(7)12(6)2/h4-6H,3H2,1-2H3. The zero-order valence-corrected chi connectivity index (χ0v) is 8.80. The first kappa shape index (κ1) is 8.05. The van der Waals surface area contributed by atoms with Gasteiger partial charge in [-0.2, -0.15) is 0 Å². The first-order valence-corrected chi connectivity index (χ1v) is 4.84. The van der Waals surface area contributed by atoms with Gasteiger partial charge in [-0.05, 0) is 34.8 Å². The lowest BCUT2D eigenvalue weighted by atomic mass is 10.2. The molecule has 0 fully saturated rings. The van der Waals surface area contributed by atoms with Crippen LogP contribution in [-0.4, -0.2) is 18.1 Å². The van der Waals surface area contributed by atoms with Crippen LogP contribution in [0.1, 0.15) is 12.5 Å².